The Kier molecular flexibility index (Phi) is 5.46. The van der Waals surface area contributed by atoms with Crippen LogP contribution in [0.3, 0.4) is 0 Å². The Morgan fingerprint density at radius 3 is 2.95 bits per heavy atom. The first-order chi connectivity index (χ1) is 9.60. The summed E-state index contributed by atoms with van der Waals surface area (Å²) >= 11 is 3.68. The molecule has 1 amide bonds. The van der Waals surface area contributed by atoms with Crippen LogP contribution in [0.2, 0.25) is 0 Å². The zero-order valence-electron chi connectivity index (χ0n) is 12.1. The highest BCUT2D eigenvalue weighted by atomic mass is 79.9. The monoisotopic (exact) mass is 339 g/mol. The van der Waals surface area contributed by atoms with E-state index in [4.69, 9.17) is 4.74 Å². The number of carbonyl (C=O) groups is 1. The van der Waals surface area contributed by atoms with Gasteiger partial charge in [-0.1, -0.05) is 28.4 Å². The van der Waals surface area contributed by atoms with Crippen LogP contribution >= 0.6 is 15.9 Å². The molecule has 0 aromatic heterocycles. The molecule has 3 nitrogen and oxygen atoms in total. The topological polar surface area (TPSA) is 38.3 Å². The Morgan fingerprint density at radius 1 is 1.45 bits per heavy atom. The lowest BCUT2D eigenvalue weighted by Gasteiger charge is -2.25. The van der Waals surface area contributed by atoms with Crippen LogP contribution in [0.5, 0.6) is 5.75 Å². The summed E-state index contributed by atoms with van der Waals surface area (Å²) in [4.78, 5) is 12.8. The van der Waals surface area contributed by atoms with Gasteiger partial charge in [0.25, 0.3) is 5.91 Å². The Balaban J connectivity index is 1.91. The summed E-state index contributed by atoms with van der Waals surface area (Å²) in [6, 6.07) is 5.57. The van der Waals surface area contributed by atoms with Crippen LogP contribution in [0.25, 0.3) is 0 Å². The van der Waals surface area contributed by atoms with Gasteiger partial charge in [0.15, 0.2) is 0 Å². The quantitative estimate of drug-likeness (QED) is 0.849. The third-order valence-corrected chi connectivity index (χ3v) is 4.77. The van der Waals surface area contributed by atoms with Crippen molar-refractivity contribution in [2.45, 2.75) is 37.4 Å². The summed E-state index contributed by atoms with van der Waals surface area (Å²) in [6.45, 7) is 2.73. The average molecular weight is 340 g/mol. The Hall–Kier alpha value is -1.03. The molecule has 2 unspecified atom stereocenters. The van der Waals surface area contributed by atoms with Crippen molar-refractivity contribution in [1.29, 1.82) is 0 Å². The second-order valence-electron chi connectivity index (χ2n) is 5.52. The van der Waals surface area contributed by atoms with Gasteiger partial charge in [-0.15, -0.1) is 0 Å². The van der Waals surface area contributed by atoms with E-state index in [2.05, 4.69) is 21.2 Å². The molecule has 0 spiro atoms. The molecule has 1 aromatic rings. The van der Waals surface area contributed by atoms with Crippen molar-refractivity contribution in [3.8, 4) is 5.75 Å². The van der Waals surface area contributed by atoms with Crippen LogP contribution in [0.4, 0.5) is 0 Å². The van der Waals surface area contributed by atoms with Crippen LogP contribution in [0.1, 0.15) is 41.6 Å². The number of halogens is 1. The number of methoxy groups -OCH3 is 1. The minimum absolute atomic E-state index is 0.0139. The van der Waals surface area contributed by atoms with Crippen molar-refractivity contribution in [3.05, 3.63) is 29.3 Å². The molecule has 110 valence electrons. The summed E-state index contributed by atoms with van der Waals surface area (Å²) in [5.74, 6) is 1.33. The van der Waals surface area contributed by atoms with Crippen molar-refractivity contribution in [3.63, 3.8) is 0 Å². The number of ether oxygens (including phenoxy) is 1. The molecule has 1 N–H and O–H groups in total. The largest absolute Gasteiger partial charge is 0.496 e. The Bertz CT molecular complexity index is 476. The molecule has 0 saturated heterocycles. The summed E-state index contributed by atoms with van der Waals surface area (Å²) < 4.78 is 5.26. The fraction of sp³-hybridized carbons (Fsp3) is 0.562. The predicted octanol–water partition coefficient (Wildman–Crippen LogP) is 3.69. The smallest absolute Gasteiger partial charge is 0.251 e. The standard InChI is InChI=1S/C16H22BrNO2/c1-11-6-7-13(9-15(11)20-2)16(19)18-10-12-4-3-5-14(17)8-12/h6-7,9,12,14H,3-5,8,10H2,1-2H3,(H,18,19). The summed E-state index contributed by atoms with van der Waals surface area (Å²) in [5, 5.41) is 3.04. The predicted molar refractivity (Wildman–Crippen MR) is 84.7 cm³/mol. The number of hydrogen-bond acceptors (Lipinski definition) is 2. The number of aryl methyl sites for hydroxylation is 1. The number of carbonyl (C=O) groups excluding carboxylic acids is 1. The van der Waals surface area contributed by atoms with Gasteiger partial charge in [-0.25, -0.2) is 0 Å². The first kappa shape index (κ1) is 15.4. The second kappa shape index (κ2) is 7.11. The zero-order valence-corrected chi connectivity index (χ0v) is 13.7. The van der Waals surface area contributed by atoms with Crippen molar-refractivity contribution in [1.82, 2.24) is 5.32 Å². The van der Waals surface area contributed by atoms with Crippen LogP contribution in [-0.2, 0) is 0 Å². The lowest BCUT2D eigenvalue weighted by atomic mass is 9.89. The number of rotatable bonds is 4. The summed E-state index contributed by atoms with van der Waals surface area (Å²) in [6.07, 6.45) is 4.85. The lowest BCUT2D eigenvalue weighted by Crippen LogP contribution is -2.31. The molecule has 0 bridgehead atoms. The summed E-state index contributed by atoms with van der Waals surface area (Å²) in [5.41, 5.74) is 1.71. The van der Waals surface area contributed by atoms with Gasteiger partial charge in [-0.3, -0.25) is 4.79 Å². The molecular weight excluding hydrogens is 318 g/mol. The highest BCUT2D eigenvalue weighted by molar-refractivity contribution is 9.09. The van der Waals surface area contributed by atoms with E-state index < -0.39 is 0 Å². The van der Waals surface area contributed by atoms with E-state index in [9.17, 15) is 4.79 Å². The van der Waals surface area contributed by atoms with Crippen LogP contribution in [-0.4, -0.2) is 24.4 Å². The number of hydrogen-bond donors (Lipinski definition) is 1. The van der Waals surface area contributed by atoms with E-state index in [1.54, 1.807) is 13.2 Å². The normalized spacial score (nSPS) is 22.4. The molecule has 20 heavy (non-hydrogen) atoms. The fourth-order valence-corrected chi connectivity index (χ4v) is 3.56. The minimum Gasteiger partial charge on any atom is -0.496 e. The molecule has 1 saturated carbocycles. The molecule has 1 fully saturated rings. The number of benzene rings is 1. The van der Waals surface area contributed by atoms with Crippen LogP contribution in [0.15, 0.2) is 18.2 Å². The van der Waals surface area contributed by atoms with E-state index in [0.717, 1.165) is 24.3 Å². The highest BCUT2D eigenvalue weighted by Crippen LogP contribution is 2.28. The fourth-order valence-electron chi connectivity index (χ4n) is 2.71. The van der Waals surface area contributed by atoms with E-state index in [1.807, 2.05) is 19.1 Å². The van der Waals surface area contributed by atoms with Crippen molar-refractivity contribution < 1.29 is 9.53 Å². The Labute approximate surface area is 129 Å². The van der Waals surface area contributed by atoms with Crippen LogP contribution in [0, 0.1) is 12.8 Å². The molecule has 1 aliphatic carbocycles. The third kappa shape index (κ3) is 3.98. The first-order valence-corrected chi connectivity index (χ1v) is 8.08. The van der Waals surface area contributed by atoms with E-state index in [1.165, 1.54) is 19.3 Å². The maximum atomic E-state index is 12.2. The van der Waals surface area contributed by atoms with Gasteiger partial charge >= 0.3 is 0 Å². The van der Waals surface area contributed by atoms with Gasteiger partial charge in [0.05, 0.1) is 7.11 Å². The van der Waals surface area contributed by atoms with Crippen molar-refractivity contribution in [2.75, 3.05) is 13.7 Å². The molecule has 0 radical (unpaired) electrons. The molecule has 2 atom stereocenters. The Morgan fingerprint density at radius 2 is 2.25 bits per heavy atom. The van der Waals surface area contributed by atoms with E-state index in [0.29, 0.717) is 16.3 Å². The molecule has 0 aliphatic heterocycles. The SMILES string of the molecule is COc1cc(C(=O)NCC2CCCC(Br)C2)ccc1C. The molecule has 1 aromatic carbocycles. The molecule has 2 rings (SSSR count). The summed E-state index contributed by atoms with van der Waals surface area (Å²) in [7, 11) is 1.63. The number of alkyl halides is 1. The van der Waals surface area contributed by atoms with Gasteiger partial charge in [0.1, 0.15) is 5.75 Å². The van der Waals surface area contributed by atoms with Crippen LogP contribution < -0.4 is 10.1 Å². The lowest BCUT2D eigenvalue weighted by molar-refractivity contribution is 0.0943. The van der Waals surface area contributed by atoms with Gasteiger partial charge in [0, 0.05) is 16.9 Å². The van der Waals surface area contributed by atoms with Crippen molar-refractivity contribution >= 4 is 21.8 Å². The highest BCUT2D eigenvalue weighted by Gasteiger charge is 2.20. The average Bonchev–Trinajstić information content (AvgIpc) is 2.45. The molecular formula is C16H22BrNO2. The van der Waals surface area contributed by atoms with Gasteiger partial charge in [0.2, 0.25) is 0 Å². The van der Waals surface area contributed by atoms with Gasteiger partial charge in [-0.2, -0.15) is 0 Å². The van der Waals surface area contributed by atoms with Crippen molar-refractivity contribution in [2.24, 2.45) is 5.92 Å². The van der Waals surface area contributed by atoms with Gasteiger partial charge < -0.3 is 10.1 Å². The molecule has 4 heteroatoms. The second-order valence-corrected chi connectivity index (χ2v) is 6.82. The molecule has 0 heterocycles. The molecule has 1 aliphatic rings. The number of amides is 1. The van der Waals surface area contributed by atoms with E-state index >= 15 is 0 Å². The zero-order chi connectivity index (χ0) is 14.5. The minimum atomic E-state index is -0.0139. The van der Waals surface area contributed by atoms with Gasteiger partial charge in [-0.05, 0) is 49.8 Å². The maximum Gasteiger partial charge on any atom is 0.251 e. The first-order valence-electron chi connectivity index (χ1n) is 7.17. The maximum absolute atomic E-state index is 12.2. The van der Waals surface area contributed by atoms with E-state index in [-0.39, 0.29) is 5.91 Å². The number of nitrogens with one attached hydrogen (secondary N) is 1. The third-order valence-electron chi connectivity index (χ3n) is 3.94.